The van der Waals surface area contributed by atoms with Crippen molar-refractivity contribution < 1.29 is 9.18 Å². The van der Waals surface area contributed by atoms with Crippen molar-refractivity contribution in [1.82, 2.24) is 10.3 Å². The van der Waals surface area contributed by atoms with Crippen molar-refractivity contribution in [1.29, 1.82) is 0 Å². The van der Waals surface area contributed by atoms with Crippen molar-refractivity contribution in [3.05, 3.63) is 89.5 Å². The number of hydrogen-bond donors (Lipinski definition) is 2. The molecule has 0 saturated carbocycles. The number of nitrogens with one attached hydrogen (secondary N) is 2. The van der Waals surface area contributed by atoms with Crippen LogP contribution in [0.15, 0.2) is 67.0 Å². The molecule has 1 amide bonds. The summed E-state index contributed by atoms with van der Waals surface area (Å²) in [6.07, 6.45) is 3.17. The number of rotatable bonds is 5. The van der Waals surface area contributed by atoms with Crippen molar-refractivity contribution >= 4 is 17.3 Å². The number of para-hydroxylation sites is 1. The molecule has 144 valence electrons. The number of pyridine rings is 1. The maximum absolute atomic E-state index is 13.7. The number of amides is 1. The predicted octanol–water partition coefficient (Wildman–Crippen LogP) is 5.19. The molecule has 0 radical (unpaired) electrons. The molecule has 5 heteroatoms. The molecule has 4 nitrogen and oxygen atoms in total. The van der Waals surface area contributed by atoms with Crippen LogP contribution < -0.4 is 10.6 Å². The van der Waals surface area contributed by atoms with Gasteiger partial charge in [-0.05, 0) is 29.2 Å². The lowest BCUT2D eigenvalue weighted by atomic mass is 9.86. The van der Waals surface area contributed by atoms with Crippen LogP contribution in [-0.4, -0.2) is 10.9 Å². The third-order valence-corrected chi connectivity index (χ3v) is 4.41. The lowest BCUT2D eigenvalue weighted by Gasteiger charge is -2.23. The predicted molar refractivity (Wildman–Crippen MR) is 110 cm³/mol. The van der Waals surface area contributed by atoms with Gasteiger partial charge >= 0.3 is 0 Å². The first-order valence-corrected chi connectivity index (χ1v) is 9.18. The van der Waals surface area contributed by atoms with Gasteiger partial charge in [0, 0.05) is 24.0 Å². The van der Waals surface area contributed by atoms with E-state index in [4.69, 9.17) is 0 Å². The fourth-order valence-electron chi connectivity index (χ4n) is 2.95. The van der Waals surface area contributed by atoms with Crippen molar-refractivity contribution in [3.63, 3.8) is 0 Å². The molecule has 0 atom stereocenters. The third kappa shape index (κ3) is 4.74. The molecule has 0 unspecified atom stereocenters. The summed E-state index contributed by atoms with van der Waals surface area (Å²) < 4.78 is 13.7. The van der Waals surface area contributed by atoms with Crippen LogP contribution in [0.1, 0.15) is 42.3 Å². The Bertz CT molecular complexity index is 979. The van der Waals surface area contributed by atoms with Gasteiger partial charge in [0.15, 0.2) is 0 Å². The Kier molecular flexibility index (Phi) is 5.73. The Morgan fingerprint density at radius 2 is 1.75 bits per heavy atom. The molecule has 0 bridgehead atoms. The van der Waals surface area contributed by atoms with Crippen LogP contribution >= 0.6 is 0 Å². The maximum Gasteiger partial charge on any atom is 0.253 e. The van der Waals surface area contributed by atoms with Gasteiger partial charge in [0.1, 0.15) is 5.82 Å². The first-order valence-electron chi connectivity index (χ1n) is 9.18. The van der Waals surface area contributed by atoms with Crippen molar-refractivity contribution in [3.8, 4) is 0 Å². The second kappa shape index (κ2) is 8.21. The first-order chi connectivity index (χ1) is 13.3. The van der Waals surface area contributed by atoms with Gasteiger partial charge in [0.25, 0.3) is 5.91 Å². The van der Waals surface area contributed by atoms with Crippen molar-refractivity contribution in [2.75, 3.05) is 5.32 Å². The van der Waals surface area contributed by atoms with E-state index in [2.05, 4.69) is 42.5 Å². The molecule has 1 aromatic heterocycles. The van der Waals surface area contributed by atoms with E-state index in [-0.39, 0.29) is 23.7 Å². The zero-order chi connectivity index (χ0) is 20.1. The molecule has 0 aliphatic heterocycles. The number of carbonyl (C=O) groups is 1. The highest BCUT2D eigenvalue weighted by molar-refractivity contribution is 5.94. The normalized spacial score (nSPS) is 11.1. The first kappa shape index (κ1) is 19.5. The number of benzene rings is 2. The fraction of sp³-hybridized carbons (Fsp3) is 0.217. The number of carbonyl (C=O) groups excluding carboxylic acids is 1. The largest absolute Gasteiger partial charge is 0.354 e. The second-order valence-corrected chi connectivity index (χ2v) is 7.66. The third-order valence-electron chi connectivity index (χ3n) is 4.41. The van der Waals surface area contributed by atoms with E-state index in [1.54, 1.807) is 30.5 Å². The van der Waals surface area contributed by atoms with Gasteiger partial charge in [0.05, 0.1) is 17.4 Å². The lowest BCUT2D eigenvalue weighted by molar-refractivity contribution is 0.0950. The second-order valence-electron chi connectivity index (χ2n) is 7.66. The summed E-state index contributed by atoms with van der Waals surface area (Å²) in [5.41, 5.74) is 3.69. The summed E-state index contributed by atoms with van der Waals surface area (Å²) in [5, 5.41) is 6.09. The molecule has 0 aliphatic carbocycles. The Morgan fingerprint density at radius 1 is 1.04 bits per heavy atom. The van der Waals surface area contributed by atoms with Crippen LogP contribution in [0.25, 0.3) is 0 Å². The standard InChI is InChI=1S/C23H24FN3O/c1-23(2,3)19-9-5-7-11-21(19)27-18-12-17(13-25-15-18)22(28)26-14-16-8-4-6-10-20(16)24/h4-13,15,27H,14H2,1-3H3,(H,26,28). The Balaban J connectivity index is 1.74. The molecule has 0 saturated heterocycles. The van der Waals surface area contributed by atoms with E-state index >= 15 is 0 Å². The molecule has 3 aromatic rings. The summed E-state index contributed by atoms with van der Waals surface area (Å²) in [6, 6.07) is 16.2. The van der Waals surface area contributed by atoms with Gasteiger partial charge in [-0.15, -0.1) is 0 Å². The topological polar surface area (TPSA) is 54.0 Å². The Morgan fingerprint density at radius 3 is 2.50 bits per heavy atom. The minimum Gasteiger partial charge on any atom is -0.354 e. The number of nitrogens with zero attached hydrogens (tertiary/aromatic N) is 1. The van der Waals surface area contributed by atoms with Crippen molar-refractivity contribution in [2.45, 2.75) is 32.7 Å². The monoisotopic (exact) mass is 377 g/mol. The quantitative estimate of drug-likeness (QED) is 0.643. The van der Waals surface area contributed by atoms with E-state index < -0.39 is 0 Å². The highest BCUT2D eigenvalue weighted by Gasteiger charge is 2.17. The van der Waals surface area contributed by atoms with E-state index in [0.717, 1.165) is 11.4 Å². The molecule has 0 fully saturated rings. The number of halogens is 1. The van der Waals surface area contributed by atoms with Crippen LogP contribution in [0.2, 0.25) is 0 Å². The van der Waals surface area contributed by atoms with E-state index in [1.807, 2.05) is 18.2 Å². The number of aromatic nitrogens is 1. The Hall–Kier alpha value is -3.21. The van der Waals surface area contributed by atoms with Crippen LogP contribution in [-0.2, 0) is 12.0 Å². The van der Waals surface area contributed by atoms with Gasteiger partial charge in [-0.2, -0.15) is 0 Å². The number of hydrogen-bond acceptors (Lipinski definition) is 3. The van der Waals surface area contributed by atoms with Gasteiger partial charge in [-0.3, -0.25) is 9.78 Å². The molecule has 28 heavy (non-hydrogen) atoms. The van der Waals surface area contributed by atoms with Crippen LogP contribution in [0.5, 0.6) is 0 Å². The fourth-order valence-corrected chi connectivity index (χ4v) is 2.95. The molecule has 1 heterocycles. The number of anilines is 2. The van der Waals surface area contributed by atoms with Gasteiger partial charge in [-0.25, -0.2) is 4.39 Å². The molecule has 0 aliphatic rings. The van der Waals surface area contributed by atoms with E-state index in [1.165, 1.54) is 17.8 Å². The van der Waals surface area contributed by atoms with Crippen LogP contribution in [0.4, 0.5) is 15.8 Å². The van der Waals surface area contributed by atoms with E-state index in [0.29, 0.717) is 11.1 Å². The van der Waals surface area contributed by atoms with Crippen LogP contribution in [0, 0.1) is 5.82 Å². The van der Waals surface area contributed by atoms with E-state index in [9.17, 15) is 9.18 Å². The summed E-state index contributed by atoms with van der Waals surface area (Å²) in [4.78, 5) is 16.6. The zero-order valence-electron chi connectivity index (χ0n) is 16.3. The summed E-state index contributed by atoms with van der Waals surface area (Å²) in [6.45, 7) is 6.57. The molecule has 2 aromatic carbocycles. The average molecular weight is 377 g/mol. The Labute approximate surface area is 164 Å². The molecule has 2 N–H and O–H groups in total. The molecule has 0 spiro atoms. The molecular formula is C23H24FN3O. The highest BCUT2D eigenvalue weighted by atomic mass is 19.1. The SMILES string of the molecule is CC(C)(C)c1ccccc1Nc1cncc(C(=O)NCc2ccccc2F)c1. The smallest absolute Gasteiger partial charge is 0.253 e. The summed E-state index contributed by atoms with van der Waals surface area (Å²) in [5.74, 6) is -0.640. The zero-order valence-corrected chi connectivity index (χ0v) is 16.3. The summed E-state index contributed by atoms with van der Waals surface area (Å²) >= 11 is 0. The van der Waals surface area contributed by atoms with Crippen molar-refractivity contribution in [2.24, 2.45) is 0 Å². The lowest BCUT2D eigenvalue weighted by Crippen LogP contribution is -2.23. The van der Waals surface area contributed by atoms with Gasteiger partial charge < -0.3 is 10.6 Å². The minimum absolute atomic E-state index is 0.0221. The summed E-state index contributed by atoms with van der Waals surface area (Å²) in [7, 11) is 0. The minimum atomic E-state index is -0.338. The molecular weight excluding hydrogens is 353 g/mol. The maximum atomic E-state index is 13.7. The average Bonchev–Trinajstić information content (AvgIpc) is 2.67. The molecule has 3 rings (SSSR count). The van der Waals surface area contributed by atoms with Gasteiger partial charge in [0.2, 0.25) is 0 Å². The van der Waals surface area contributed by atoms with Crippen LogP contribution in [0.3, 0.4) is 0 Å². The van der Waals surface area contributed by atoms with Gasteiger partial charge in [-0.1, -0.05) is 57.2 Å². The highest BCUT2D eigenvalue weighted by Crippen LogP contribution is 2.31.